The average Bonchev–Trinajstić information content (AvgIpc) is 2.94. The number of benzene rings is 1. The highest BCUT2D eigenvalue weighted by Gasteiger charge is 2.15. The average molecular weight is 256 g/mol. The fourth-order valence-electron chi connectivity index (χ4n) is 2.60. The van der Waals surface area contributed by atoms with Gasteiger partial charge in [0, 0.05) is 50.3 Å². The fraction of sp³-hybridized carbons (Fsp3) is 0.400. The molecule has 0 radical (unpaired) electrons. The second kappa shape index (κ2) is 5.55. The Labute approximate surface area is 114 Å². The first-order valence-electron chi connectivity index (χ1n) is 6.84. The van der Waals surface area contributed by atoms with Gasteiger partial charge in [0.25, 0.3) is 0 Å². The smallest absolute Gasteiger partial charge is 0.0991 e. The van der Waals surface area contributed by atoms with Gasteiger partial charge in [-0.05, 0) is 24.6 Å². The third kappa shape index (κ3) is 3.03. The maximum atomic E-state index is 4.07. The van der Waals surface area contributed by atoms with E-state index in [9.17, 15) is 0 Å². The Bertz CT molecular complexity index is 503. The third-order valence-corrected chi connectivity index (χ3v) is 3.60. The predicted octanol–water partition coefficient (Wildman–Crippen LogP) is 1.67. The maximum absolute atomic E-state index is 4.07. The second-order valence-corrected chi connectivity index (χ2v) is 5.23. The van der Waals surface area contributed by atoms with E-state index in [0.29, 0.717) is 6.04 Å². The van der Waals surface area contributed by atoms with Crippen molar-refractivity contribution in [2.75, 3.05) is 19.6 Å². The van der Waals surface area contributed by atoms with Gasteiger partial charge in [-0.3, -0.25) is 4.90 Å². The summed E-state index contributed by atoms with van der Waals surface area (Å²) in [6.07, 6.45) is 5.59. The lowest BCUT2D eigenvalue weighted by Crippen LogP contribution is -2.48. The maximum Gasteiger partial charge on any atom is 0.0991 e. The molecule has 3 rings (SSSR count). The summed E-state index contributed by atoms with van der Waals surface area (Å²) < 4.78 is 2.02. The Hall–Kier alpha value is -1.65. The zero-order valence-electron chi connectivity index (χ0n) is 11.3. The van der Waals surface area contributed by atoms with E-state index in [2.05, 4.69) is 46.4 Å². The summed E-state index contributed by atoms with van der Waals surface area (Å²) in [5, 5.41) is 3.47. The minimum atomic E-state index is 0.596. The molecule has 1 aromatic carbocycles. The molecular formula is C15H20N4. The van der Waals surface area contributed by atoms with Crippen LogP contribution in [0.15, 0.2) is 43.0 Å². The molecule has 1 atom stereocenters. The Morgan fingerprint density at radius 2 is 2.16 bits per heavy atom. The van der Waals surface area contributed by atoms with Crippen LogP contribution in [0, 0.1) is 0 Å². The first-order chi connectivity index (χ1) is 9.31. The van der Waals surface area contributed by atoms with Crippen LogP contribution in [0.3, 0.4) is 0 Å². The summed E-state index contributed by atoms with van der Waals surface area (Å²) in [6, 6.07) is 9.33. The van der Waals surface area contributed by atoms with E-state index in [1.807, 2.05) is 17.1 Å². The molecule has 0 aliphatic carbocycles. The van der Waals surface area contributed by atoms with E-state index in [1.54, 1.807) is 6.20 Å². The quantitative estimate of drug-likeness (QED) is 0.907. The molecule has 4 nitrogen and oxygen atoms in total. The van der Waals surface area contributed by atoms with Crippen LogP contribution in [0.5, 0.6) is 0 Å². The van der Waals surface area contributed by atoms with Crippen LogP contribution in [-0.4, -0.2) is 40.1 Å². The molecule has 0 saturated carbocycles. The molecule has 4 heteroatoms. The third-order valence-electron chi connectivity index (χ3n) is 3.60. The van der Waals surface area contributed by atoms with Crippen molar-refractivity contribution in [3.8, 4) is 5.69 Å². The monoisotopic (exact) mass is 256 g/mol. The van der Waals surface area contributed by atoms with Crippen molar-refractivity contribution in [1.82, 2.24) is 19.8 Å². The lowest BCUT2D eigenvalue weighted by Gasteiger charge is -2.31. The van der Waals surface area contributed by atoms with Crippen molar-refractivity contribution in [3.63, 3.8) is 0 Å². The summed E-state index contributed by atoms with van der Waals surface area (Å²) in [7, 11) is 0. The molecule has 0 spiro atoms. The van der Waals surface area contributed by atoms with E-state index < -0.39 is 0 Å². The first-order valence-corrected chi connectivity index (χ1v) is 6.84. The van der Waals surface area contributed by atoms with E-state index in [1.165, 1.54) is 5.56 Å². The van der Waals surface area contributed by atoms with Crippen LogP contribution < -0.4 is 5.32 Å². The molecule has 1 N–H and O–H groups in total. The van der Waals surface area contributed by atoms with Crippen LogP contribution in [0.2, 0.25) is 0 Å². The Kier molecular flexibility index (Phi) is 3.62. The van der Waals surface area contributed by atoms with Gasteiger partial charge in [0.2, 0.25) is 0 Å². The molecule has 2 heterocycles. The zero-order chi connectivity index (χ0) is 13.1. The minimum absolute atomic E-state index is 0.596. The van der Waals surface area contributed by atoms with Crippen LogP contribution in [0.1, 0.15) is 12.5 Å². The Morgan fingerprint density at radius 3 is 2.84 bits per heavy atom. The molecule has 2 aromatic rings. The highest BCUT2D eigenvalue weighted by atomic mass is 15.2. The first kappa shape index (κ1) is 12.4. The molecule has 100 valence electrons. The normalized spacial score (nSPS) is 20.6. The molecule has 0 bridgehead atoms. The number of aromatic nitrogens is 2. The number of hydrogen-bond donors (Lipinski definition) is 1. The van der Waals surface area contributed by atoms with Gasteiger partial charge in [-0.2, -0.15) is 0 Å². The van der Waals surface area contributed by atoms with Gasteiger partial charge in [-0.1, -0.05) is 12.1 Å². The lowest BCUT2D eigenvalue weighted by atomic mass is 10.1. The second-order valence-electron chi connectivity index (χ2n) is 5.23. The summed E-state index contributed by atoms with van der Waals surface area (Å²) in [5.41, 5.74) is 2.54. The Morgan fingerprint density at radius 1 is 1.32 bits per heavy atom. The van der Waals surface area contributed by atoms with Crippen LogP contribution in [-0.2, 0) is 6.54 Å². The van der Waals surface area contributed by atoms with E-state index in [0.717, 1.165) is 31.9 Å². The molecule has 0 amide bonds. The molecule has 1 saturated heterocycles. The molecule has 1 aliphatic heterocycles. The minimum Gasteiger partial charge on any atom is -0.312 e. The van der Waals surface area contributed by atoms with Gasteiger partial charge >= 0.3 is 0 Å². The number of rotatable bonds is 3. The molecule has 1 fully saturated rings. The summed E-state index contributed by atoms with van der Waals surface area (Å²) in [5.74, 6) is 0. The van der Waals surface area contributed by atoms with Gasteiger partial charge in [0.15, 0.2) is 0 Å². The van der Waals surface area contributed by atoms with Crippen molar-refractivity contribution in [2.45, 2.75) is 19.5 Å². The molecule has 1 aromatic heterocycles. The van der Waals surface area contributed by atoms with E-state index in [-0.39, 0.29) is 0 Å². The van der Waals surface area contributed by atoms with Gasteiger partial charge in [0.1, 0.15) is 0 Å². The number of nitrogens with zero attached hydrogens (tertiary/aromatic N) is 3. The number of nitrogens with one attached hydrogen (secondary N) is 1. The van der Waals surface area contributed by atoms with Crippen molar-refractivity contribution in [3.05, 3.63) is 48.5 Å². The molecule has 19 heavy (non-hydrogen) atoms. The van der Waals surface area contributed by atoms with Crippen LogP contribution >= 0.6 is 0 Å². The summed E-state index contributed by atoms with van der Waals surface area (Å²) in [4.78, 5) is 6.58. The summed E-state index contributed by atoms with van der Waals surface area (Å²) >= 11 is 0. The standard InChI is InChI=1S/C15H20N4/c1-13-10-18(8-7-17-13)11-14-2-4-15(5-3-14)19-9-6-16-12-19/h2-6,9,12-13,17H,7-8,10-11H2,1H3. The number of imidazole rings is 1. The zero-order valence-corrected chi connectivity index (χ0v) is 11.3. The van der Waals surface area contributed by atoms with Gasteiger partial charge in [-0.25, -0.2) is 4.98 Å². The van der Waals surface area contributed by atoms with Gasteiger partial charge < -0.3 is 9.88 Å². The van der Waals surface area contributed by atoms with Gasteiger partial charge in [-0.15, -0.1) is 0 Å². The van der Waals surface area contributed by atoms with Crippen LogP contribution in [0.25, 0.3) is 5.69 Å². The van der Waals surface area contributed by atoms with E-state index in [4.69, 9.17) is 0 Å². The molecule has 1 aliphatic rings. The fourth-order valence-corrected chi connectivity index (χ4v) is 2.60. The highest BCUT2D eigenvalue weighted by molar-refractivity contribution is 5.34. The molecular weight excluding hydrogens is 236 g/mol. The van der Waals surface area contributed by atoms with Crippen molar-refractivity contribution in [2.24, 2.45) is 0 Å². The number of hydrogen-bond acceptors (Lipinski definition) is 3. The Balaban J connectivity index is 1.66. The van der Waals surface area contributed by atoms with Crippen molar-refractivity contribution < 1.29 is 0 Å². The largest absolute Gasteiger partial charge is 0.312 e. The van der Waals surface area contributed by atoms with Crippen LogP contribution in [0.4, 0.5) is 0 Å². The van der Waals surface area contributed by atoms with Gasteiger partial charge in [0.05, 0.1) is 6.33 Å². The van der Waals surface area contributed by atoms with E-state index >= 15 is 0 Å². The SMILES string of the molecule is CC1CN(Cc2ccc(-n3ccnc3)cc2)CCN1. The lowest BCUT2D eigenvalue weighted by molar-refractivity contribution is 0.199. The highest BCUT2D eigenvalue weighted by Crippen LogP contribution is 2.12. The van der Waals surface area contributed by atoms with Crippen molar-refractivity contribution >= 4 is 0 Å². The number of piperazine rings is 1. The van der Waals surface area contributed by atoms with Crippen molar-refractivity contribution in [1.29, 1.82) is 0 Å². The molecule has 1 unspecified atom stereocenters. The predicted molar refractivity (Wildman–Crippen MR) is 76.3 cm³/mol. The summed E-state index contributed by atoms with van der Waals surface area (Å²) in [6.45, 7) is 6.63. The topological polar surface area (TPSA) is 33.1 Å².